The molecule has 2 aromatic rings. The van der Waals surface area contributed by atoms with Crippen molar-refractivity contribution >= 4 is 19.0 Å². The molecule has 0 atom stereocenters. The largest absolute Gasteiger partial charge is 0.823 e. The third-order valence-electron chi connectivity index (χ3n) is 2.94. The second kappa shape index (κ2) is 7.11. The predicted molar refractivity (Wildman–Crippen MR) is 83.2 cm³/mol. The molecule has 0 heterocycles. The summed E-state index contributed by atoms with van der Waals surface area (Å²) in [6, 6.07) is 12.7. The van der Waals surface area contributed by atoms with Crippen molar-refractivity contribution in [3.63, 3.8) is 0 Å². The molecule has 0 aromatic heterocycles. The Morgan fingerprint density at radius 1 is 0.857 bits per heavy atom. The fourth-order valence-corrected chi connectivity index (χ4v) is 2.76. The lowest BCUT2D eigenvalue weighted by molar-refractivity contribution is -0.207. The summed E-state index contributed by atoms with van der Waals surface area (Å²) in [4.78, 5) is 0. The molecule has 0 unspecified atom stereocenters. The van der Waals surface area contributed by atoms with E-state index < -0.39 is 0 Å². The Kier molecular flexibility index (Phi) is 5.20. The molecule has 0 radical (unpaired) electrons. The maximum absolute atomic E-state index is 12.5. The first-order valence-corrected chi connectivity index (χ1v) is 7.20. The van der Waals surface area contributed by atoms with Gasteiger partial charge in [-0.2, -0.15) is 0 Å². The Hall–Kier alpha value is -2.03. The van der Waals surface area contributed by atoms with Crippen molar-refractivity contribution in [3.8, 4) is 17.2 Å². The highest BCUT2D eigenvalue weighted by molar-refractivity contribution is 7.49. The molecule has 0 N–H and O–H groups in total. The fraction of sp³-hybridized carbons (Fsp3) is 0.188. The van der Waals surface area contributed by atoms with Gasteiger partial charge in [0.25, 0.3) is 0 Å². The topological polar surface area (TPSA) is 50.8 Å². The molecule has 0 aliphatic rings. The number of hydrogen-bond acceptors (Lipinski definition) is 4. The van der Waals surface area contributed by atoms with Crippen LogP contribution in [0, 0.1) is 0 Å². The van der Waals surface area contributed by atoms with Crippen molar-refractivity contribution in [1.29, 1.82) is 0 Å². The molecular formula is C16H16O4P-. The van der Waals surface area contributed by atoms with Crippen molar-refractivity contribution in [1.82, 2.24) is 0 Å². The number of methoxy groups -OCH3 is 3. The Morgan fingerprint density at radius 2 is 1.43 bits per heavy atom. The maximum Gasteiger partial charge on any atom is 0.129 e. The molecule has 0 aliphatic carbocycles. The molecule has 21 heavy (non-hydrogen) atoms. The van der Waals surface area contributed by atoms with E-state index in [0.29, 0.717) is 25.3 Å². The Balaban J connectivity index is 2.42. The molecule has 110 valence electrons. The molecule has 0 saturated heterocycles. The molecular weight excluding hydrogens is 287 g/mol. The standard InChI is InChI=1S/C16H17O4P/c1-18-11-7-9-12(10-8-11)21-16(17)15-13(19-2)5-4-6-14(15)20-3/h4-10,17H,1-3H3/p-1. The lowest BCUT2D eigenvalue weighted by Gasteiger charge is -2.19. The first-order valence-electron chi connectivity index (χ1n) is 6.30. The van der Waals surface area contributed by atoms with Crippen LogP contribution in [0.4, 0.5) is 0 Å². The molecule has 0 saturated carbocycles. The van der Waals surface area contributed by atoms with Crippen molar-refractivity contribution < 1.29 is 19.3 Å². The average molecular weight is 303 g/mol. The van der Waals surface area contributed by atoms with Crippen LogP contribution in [0.3, 0.4) is 0 Å². The highest BCUT2D eigenvalue weighted by atomic mass is 31.1. The highest BCUT2D eigenvalue weighted by Crippen LogP contribution is 2.29. The van der Waals surface area contributed by atoms with Crippen LogP contribution >= 0.6 is 8.20 Å². The first kappa shape index (κ1) is 15.4. The molecule has 2 aromatic carbocycles. The van der Waals surface area contributed by atoms with Crippen LogP contribution in [0.2, 0.25) is 0 Å². The second-order valence-corrected chi connectivity index (χ2v) is 5.30. The Labute approximate surface area is 125 Å². The minimum absolute atomic E-state index is 0.0746. The zero-order valence-corrected chi connectivity index (χ0v) is 13.0. The minimum atomic E-state index is -0.0746. The summed E-state index contributed by atoms with van der Waals surface area (Å²) in [5.74, 6) is 1.79. The van der Waals surface area contributed by atoms with Gasteiger partial charge < -0.3 is 19.3 Å². The molecule has 0 amide bonds. The number of hydrogen-bond donors (Lipinski definition) is 0. The van der Waals surface area contributed by atoms with Crippen LogP contribution in [0.1, 0.15) is 5.56 Å². The van der Waals surface area contributed by atoms with E-state index in [2.05, 4.69) is 0 Å². The van der Waals surface area contributed by atoms with E-state index in [9.17, 15) is 5.11 Å². The van der Waals surface area contributed by atoms with Crippen molar-refractivity contribution in [2.45, 2.75) is 0 Å². The normalized spacial score (nSPS) is 11.1. The predicted octanol–water partition coefficient (Wildman–Crippen LogP) is 1.82. The number of benzene rings is 2. The van der Waals surface area contributed by atoms with E-state index in [1.807, 2.05) is 24.3 Å². The van der Waals surface area contributed by atoms with E-state index in [1.165, 1.54) is 14.2 Å². The molecule has 0 aliphatic heterocycles. The zero-order valence-electron chi connectivity index (χ0n) is 12.1. The maximum atomic E-state index is 12.5. The van der Waals surface area contributed by atoms with E-state index in [4.69, 9.17) is 14.2 Å². The average Bonchev–Trinajstić information content (AvgIpc) is 2.54. The van der Waals surface area contributed by atoms with Gasteiger partial charge in [-0.05, 0) is 36.4 Å². The van der Waals surface area contributed by atoms with Crippen LogP contribution in [0.5, 0.6) is 17.2 Å². The second-order valence-electron chi connectivity index (χ2n) is 4.15. The number of rotatable bonds is 5. The van der Waals surface area contributed by atoms with Crippen LogP contribution in [-0.4, -0.2) is 26.8 Å². The summed E-state index contributed by atoms with van der Waals surface area (Å²) in [7, 11) is 5.24. The lowest BCUT2D eigenvalue weighted by atomic mass is 10.2. The van der Waals surface area contributed by atoms with Gasteiger partial charge in [0.15, 0.2) is 0 Å². The summed E-state index contributed by atoms with van der Waals surface area (Å²) in [5, 5.41) is 13.4. The molecule has 0 fully saturated rings. The van der Waals surface area contributed by atoms with Gasteiger partial charge in [-0.15, -0.1) is 0 Å². The van der Waals surface area contributed by atoms with Crippen molar-refractivity contribution in [3.05, 3.63) is 48.0 Å². The molecule has 5 heteroatoms. The zero-order chi connectivity index (χ0) is 15.2. The smallest absolute Gasteiger partial charge is 0.129 e. The van der Waals surface area contributed by atoms with E-state index in [-0.39, 0.29) is 5.48 Å². The Morgan fingerprint density at radius 3 is 1.90 bits per heavy atom. The molecule has 4 nitrogen and oxygen atoms in total. The highest BCUT2D eigenvalue weighted by Gasteiger charge is 2.08. The minimum Gasteiger partial charge on any atom is -0.823 e. The van der Waals surface area contributed by atoms with Gasteiger partial charge in [-0.25, -0.2) is 0 Å². The third-order valence-corrected chi connectivity index (χ3v) is 3.93. The van der Waals surface area contributed by atoms with Crippen molar-refractivity contribution in [2.24, 2.45) is 0 Å². The summed E-state index contributed by atoms with van der Waals surface area (Å²) in [6.07, 6.45) is 0. The monoisotopic (exact) mass is 303 g/mol. The molecule has 2 rings (SSSR count). The quantitative estimate of drug-likeness (QED) is 0.791. The van der Waals surface area contributed by atoms with Crippen LogP contribution < -0.4 is 24.6 Å². The van der Waals surface area contributed by atoms with E-state index in [1.54, 1.807) is 25.3 Å². The van der Waals surface area contributed by atoms with Gasteiger partial charge in [0.05, 0.1) is 21.3 Å². The summed E-state index contributed by atoms with van der Waals surface area (Å²) in [5.41, 5.74) is 0.384. The SMILES string of the molecule is COc1ccc(P=C([O-])c2c(OC)cccc2OC)cc1. The fourth-order valence-electron chi connectivity index (χ4n) is 1.89. The third kappa shape index (κ3) is 3.54. The molecule has 0 bridgehead atoms. The first-order chi connectivity index (χ1) is 10.2. The van der Waals surface area contributed by atoms with Gasteiger partial charge in [0.2, 0.25) is 0 Å². The van der Waals surface area contributed by atoms with Gasteiger partial charge in [-0.1, -0.05) is 19.8 Å². The van der Waals surface area contributed by atoms with Gasteiger partial charge in [0, 0.05) is 10.9 Å². The van der Waals surface area contributed by atoms with E-state index >= 15 is 0 Å². The summed E-state index contributed by atoms with van der Waals surface area (Å²) < 4.78 is 15.6. The Bertz CT molecular complexity index is 613. The number of ether oxygens (including phenoxy) is 3. The van der Waals surface area contributed by atoms with Crippen LogP contribution in [0.25, 0.3) is 0 Å². The van der Waals surface area contributed by atoms with E-state index in [0.717, 1.165) is 11.1 Å². The molecule has 0 spiro atoms. The van der Waals surface area contributed by atoms with Gasteiger partial charge >= 0.3 is 0 Å². The van der Waals surface area contributed by atoms with Gasteiger partial charge in [-0.3, -0.25) is 0 Å². The van der Waals surface area contributed by atoms with Gasteiger partial charge in [0.1, 0.15) is 17.2 Å². The van der Waals surface area contributed by atoms with Crippen LogP contribution in [0.15, 0.2) is 42.5 Å². The lowest BCUT2D eigenvalue weighted by Crippen LogP contribution is -2.19. The van der Waals surface area contributed by atoms with Crippen molar-refractivity contribution in [2.75, 3.05) is 21.3 Å². The van der Waals surface area contributed by atoms with Crippen LogP contribution in [-0.2, 0) is 0 Å². The summed E-state index contributed by atoms with van der Waals surface area (Å²) >= 11 is 0. The summed E-state index contributed by atoms with van der Waals surface area (Å²) in [6.45, 7) is 0.